The molecule has 0 aliphatic carbocycles. The number of hydrogen-bond donors (Lipinski definition) is 0. The Morgan fingerprint density at radius 1 is 1.35 bits per heavy atom. The van der Waals surface area contributed by atoms with Crippen LogP contribution >= 0.6 is 15.9 Å². The Labute approximate surface area is 128 Å². The van der Waals surface area contributed by atoms with Gasteiger partial charge in [-0.25, -0.2) is 0 Å². The fourth-order valence-electron chi connectivity index (χ4n) is 3.57. The lowest BCUT2D eigenvalue weighted by Crippen LogP contribution is -2.47. The molecule has 0 N–H and O–H groups in total. The van der Waals surface area contributed by atoms with Gasteiger partial charge in [-0.1, -0.05) is 28.1 Å². The SMILES string of the molecule is COc1cccc(CC(=O)N2C3CCC2CC(Br)C3)c1. The van der Waals surface area contributed by atoms with Crippen LogP contribution in [0, 0.1) is 0 Å². The van der Waals surface area contributed by atoms with Crippen LogP contribution in [0.15, 0.2) is 24.3 Å². The van der Waals surface area contributed by atoms with Gasteiger partial charge in [-0.3, -0.25) is 4.79 Å². The van der Waals surface area contributed by atoms with E-state index in [0.717, 1.165) is 37.0 Å². The summed E-state index contributed by atoms with van der Waals surface area (Å²) in [5.41, 5.74) is 1.04. The molecule has 108 valence electrons. The lowest BCUT2D eigenvalue weighted by atomic mass is 10.0. The van der Waals surface area contributed by atoms with Crippen molar-refractivity contribution < 1.29 is 9.53 Å². The van der Waals surface area contributed by atoms with Crippen LogP contribution in [0.2, 0.25) is 0 Å². The average Bonchev–Trinajstić information content (AvgIpc) is 2.71. The molecular weight excluding hydrogens is 318 g/mol. The van der Waals surface area contributed by atoms with E-state index < -0.39 is 0 Å². The number of fused-ring (bicyclic) bond motifs is 2. The zero-order valence-electron chi connectivity index (χ0n) is 11.7. The average molecular weight is 338 g/mol. The van der Waals surface area contributed by atoms with Crippen molar-refractivity contribution in [3.8, 4) is 5.75 Å². The summed E-state index contributed by atoms with van der Waals surface area (Å²) in [7, 11) is 1.65. The number of alkyl halides is 1. The van der Waals surface area contributed by atoms with Crippen LogP contribution in [0.3, 0.4) is 0 Å². The van der Waals surface area contributed by atoms with Crippen LogP contribution < -0.4 is 4.74 Å². The molecule has 2 heterocycles. The van der Waals surface area contributed by atoms with Crippen LogP contribution in [0.5, 0.6) is 5.75 Å². The van der Waals surface area contributed by atoms with Crippen molar-refractivity contribution in [2.45, 2.75) is 49.0 Å². The van der Waals surface area contributed by atoms with Gasteiger partial charge in [0, 0.05) is 16.9 Å². The van der Waals surface area contributed by atoms with Crippen molar-refractivity contribution in [1.82, 2.24) is 4.90 Å². The van der Waals surface area contributed by atoms with Crippen LogP contribution in [0.25, 0.3) is 0 Å². The van der Waals surface area contributed by atoms with Crippen molar-refractivity contribution in [3.05, 3.63) is 29.8 Å². The van der Waals surface area contributed by atoms with E-state index in [-0.39, 0.29) is 5.91 Å². The van der Waals surface area contributed by atoms with E-state index in [9.17, 15) is 4.79 Å². The second-order valence-corrected chi connectivity index (χ2v) is 7.08. The standard InChI is InChI=1S/C16H20BrNO2/c1-20-15-4-2-3-11(7-15)8-16(19)18-13-5-6-14(18)10-12(17)9-13/h2-4,7,12-14H,5-6,8-10H2,1H3. The minimum Gasteiger partial charge on any atom is -0.497 e. The summed E-state index contributed by atoms with van der Waals surface area (Å²) in [4.78, 5) is 15.3. The quantitative estimate of drug-likeness (QED) is 0.793. The number of hydrogen-bond acceptors (Lipinski definition) is 2. The monoisotopic (exact) mass is 337 g/mol. The number of benzene rings is 1. The third-order valence-electron chi connectivity index (χ3n) is 4.45. The highest BCUT2D eigenvalue weighted by atomic mass is 79.9. The lowest BCUT2D eigenvalue weighted by molar-refractivity contribution is -0.134. The van der Waals surface area contributed by atoms with Crippen molar-refractivity contribution in [1.29, 1.82) is 0 Å². The molecule has 3 nitrogen and oxygen atoms in total. The largest absolute Gasteiger partial charge is 0.497 e. The first-order chi connectivity index (χ1) is 9.67. The van der Waals surface area contributed by atoms with Crippen molar-refractivity contribution in [3.63, 3.8) is 0 Å². The van der Waals surface area contributed by atoms with Gasteiger partial charge < -0.3 is 9.64 Å². The number of carbonyl (C=O) groups is 1. The third kappa shape index (κ3) is 2.71. The highest BCUT2D eigenvalue weighted by Gasteiger charge is 2.42. The molecule has 3 rings (SSSR count). The number of ether oxygens (including phenoxy) is 1. The second-order valence-electron chi connectivity index (χ2n) is 5.78. The topological polar surface area (TPSA) is 29.5 Å². The summed E-state index contributed by atoms with van der Waals surface area (Å²) in [6.45, 7) is 0. The van der Waals surface area contributed by atoms with Crippen LogP contribution in [0.4, 0.5) is 0 Å². The van der Waals surface area contributed by atoms with E-state index in [4.69, 9.17) is 4.74 Å². The van der Waals surface area contributed by atoms with Crippen molar-refractivity contribution in [2.24, 2.45) is 0 Å². The van der Waals surface area contributed by atoms with E-state index in [1.165, 1.54) is 0 Å². The minimum atomic E-state index is 0.269. The summed E-state index contributed by atoms with van der Waals surface area (Å²) in [6, 6.07) is 8.69. The highest BCUT2D eigenvalue weighted by molar-refractivity contribution is 9.09. The molecule has 0 radical (unpaired) electrons. The maximum Gasteiger partial charge on any atom is 0.227 e. The van der Waals surface area contributed by atoms with Gasteiger partial charge in [0.25, 0.3) is 0 Å². The Balaban J connectivity index is 1.70. The van der Waals surface area contributed by atoms with Gasteiger partial charge in [0.2, 0.25) is 5.91 Å². The zero-order valence-corrected chi connectivity index (χ0v) is 13.3. The Kier molecular flexibility index (Phi) is 4.01. The number of methoxy groups -OCH3 is 1. The maximum absolute atomic E-state index is 12.6. The first kappa shape index (κ1) is 13.9. The molecule has 4 heteroatoms. The minimum absolute atomic E-state index is 0.269. The summed E-state index contributed by atoms with van der Waals surface area (Å²) >= 11 is 3.72. The summed E-state index contributed by atoms with van der Waals surface area (Å²) in [6.07, 6.45) is 5.01. The molecule has 1 aromatic rings. The van der Waals surface area contributed by atoms with Gasteiger partial charge in [0.1, 0.15) is 5.75 Å². The summed E-state index contributed by atoms with van der Waals surface area (Å²) < 4.78 is 5.22. The van der Waals surface area contributed by atoms with Crippen molar-refractivity contribution >= 4 is 21.8 Å². The molecule has 20 heavy (non-hydrogen) atoms. The predicted octanol–water partition coefficient (Wildman–Crippen LogP) is 3.15. The Bertz CT molecular complexity index is 491. The Morgan fingerprint density at radius 2 is 2.05 bits per heavy atom. The van der Waals surface area contributed by atoms with E-state index in [2.05, 4.69) is 20.8 Å². The van der Waals surface area contributed by atoms with Gasteiger partial charge in [-0.2, -0.15) is 0 Å². The van der Waals surface area contributed by atoms with Crippen molar-refractivity contribution in [2.75, 3.05) is 7.11 Å². The molecular formula is C16H20BrNO2. The number of nitrogens with zero attached hydrogens (tertiary/aromatic N) is 1. The highest BCUT2D eigenvalue weighted by Crippen LogP contribution is 2.38. The summed E-state index contributed by atoms with van der Waals surface area (Å²) in [5, 5.41) is 0. The first-order valence-corrected chi connectivity index (χ1v) is 8.17. The molecule has 2 aliphatic rings. The fourth-order valence-corrected chi connectivity index (χ4v) is 4.43. The Hall–Kier alpha value is -1.03. The smallest absolute Gasteiger partial charge is 0.227 e. The zero-order chi connectivity index (χ0) is 14.1. The van der Waals surface area contributed by atoms with Gasteiger partial charge >= 0.3 is 0 Å². The van der Waals surface area contributed by atoms with Crippen LogP contribution in [-0.4, -0.2) is 34.8 Å². The molecule has 0 saturated carbocycles. The summed E-state index contributed by atoms with van der Waals surface area (Å²) in [5.74, 6) is 1.09. The van der Waals surface area contributed by atoms with Gasteiger partial charge in [-0.15, -0.1) is 0 Å². The molecule has 2 unspecified atom stereocenters. The van der Waals surface area contributed by atoms with Gasteiger partial charge in [0.05, 0.1) is 13.5 Å². The normalized spacial score (nSPS) is 28.5. The molecule has 2 bridgehead atoms. The number of rotatable bonds is 3. The molecule has 2 aliphatic heterocycles. The van der Waals surface area contributed by atoms with Crippen LogP contribution in [0.1, 0.15) is 31.2 Å². The van der Waals surface area contributed by atoms with Crippen LogP contribution in [-0.2, 0) is 11.2 Å². The molecule has 2 fully saturated rings. The molecule has 0 spiro atoms. The third-order valence-corrected chi connectivity index (χ3v) is 5.20. The molecule has 1 aromatic carbocycles. The number of amides is 1. The number of carbonyl (C=O) groups excluding carboxylic acids is 1. The molecule has 2 atom stereocenters. The Morgan fingerprint density at radius 3 is 2.70 bits per heavy atom. The van der Waals surface area contributed by atoms with E-state index in [1.54, 1.807) is 7.11 Å². The van der Waals surface area contributed by atoms with Gasteiger partial charge in [0.15, 0.2) is 0 Å². The van der Waals surface area contributed by atoms with E-state index >= 15 is 0 Å². The fraction of sp³-hybridized carbons (Fsp3) is 0.562. The molecule has 1 amide bonds. The van der Waals surface area contributed by atoms with Gasteiger partial charge in [-0.05, 0) is 43.4 Å². The van der Waals surface area contributed by atoms with E-state index in [1.807, 2.05) is 24.3 Å². The second kappa shape index (κ2) is 5.76. The molecule has 0 aromatic heterocycles. The number of halogens is 1. The first-order valence-electron chi connectivity index (χ1n) is 7.25. The maximum atomic E-state index is 12.6. The van der Waals surface area contributed by atoms with E-state index in [0.29, 0.717) is 23.3 Å². The number of piperidine rings is 1. The predicted molar refractivity (Wildman–Crippen MR) is 82.3 cm³/mol. The molecule has 2 saturated heterocycles. The lowest BCUT2D eigenvalue weighted by Gasteiger charge is -2.37.